The summed E-state index contributed by atoms with van der Waals surface area (Å²) >= 11 is 7.05. The van der Waals surface area contributed by atoms with E-state index in [1.54, 1.807) is 24.4 Å². The molecule has 2 aromatic heterocycles. The molecule has 90 valence electrons. The number of fused-ring (bicyclic) bond motifs is 1. The van der Waals surface area contributed by atoms with Gasteiger partial charge in [-0.2, -0.15) is 0 Å². The third-order valence-corrected chi connectivity index (χ3v) is 3.53. The Morgan fingerprint density at radius 3 is 2.89 bits per heavy atom. The van der Waals surface area contributed by atoms with Gasteiger partial charge >= 0.3 is 0 Å². The van der Waals surface area contributed by atoms with Crippen molar-refractivity contribution < 1.29 is 0 Å². The fourth-order valence-corrected chi connectivity index (χ4v) is 2.49. The molecule has 18 heavy (non-hydrogen) atoms. The van der Waals surface area contributed by atoms with Gasteiger partial charge in [-0.25, -0.2) is 0 Å². The van der Waals surface area contributed by atoms with Crippen LogP contribution in [0.3, 0.4) is 0 Å². The molecule has 7 heteroatoms. The van der Waals surface area contributed by atoms with Crippen LogP contribution in [0, 0.1) is 0 Å². The van der Waals surface area contributed by atoms with Crippen molar-refractivity contribution in [2.24, 2.45) is 0 Å². The molecule has 3 aromatic rings. The van der Waals surface area contributed by atoms with Gasteiger partial charge in [0.05, 0.1) is 11.1 Å². The topological polar surface area (TPSA) is 84.7 Å². The third kappa shape index (κ3) is 1.75. The van der Waals surface area contributed by atoms with Gasteiger partial charge in [0.2, 0.25) is 5.13 Å². The maximum Gasteiger partial charge on any atom is 0.203 e. The number of pyridine rings is 1. The van der Waals surface area contributed by atoms with Crippen LogP contribution in [-0.4, -0.2) is 15.2 Å². The summed E-state index contributed by atoms with van der Waals surface area (Å²) < 4.78 is 0. The van der Waals surface area contributed by atoms with Crippen LogP contribution < -0.4 is 11.2 Å². The molecular formula is C11H7ClN4OS. The van der Waals surface area contributed by atoms with Gasteiger partial charge in [-0.15, -0.1) is 10.2 Å². The van der Waals surface area contributed by atoms with E-state index < -0.39 is 0 Å². The van der Waals surface area contributed by atoms with E-state index in [0.717, 1.165) is 0 Å². The zero-order valence-electron chi connectivity index (χ0n) is 8.98. The van der Waals surface area contributed by atoms with Crippen molar-refractivity contribution in [1.29, 1.82) is 0 Å². The first-order valence-corrected chi connectivity index (χ1v) is 6.25. The first kappa shape index (κ1) is 11.2. The van der Waals surface area contributed by atoms with E-state index in [9.17, 15) is 4.79 Å². The Balaban J connectivity index is 2.30. The van der Waals surface area contributed by atoms with E-state index in [-0.39, 0.29) is 5.43 Å². The van der Waals surface area contributed by atoms with Crippen molar-refractivity contribution in [3.63, 3.8) is 0 Å². The van der Waals surface area contributed by atoms with Crippen LogP contribution in [0.1, 0.15) is 0 Å². The van der Waals surface area contributed by atoms with Crippen molar-refractivity contribution in [2.45, 2.75) is 0 Å². The van der Waals surface area contributed by atoms with E-state index in [0.29, 0.717) is 31.6 Å². The monoisotopic (exact) mass is 278 g/mol. The zero-order chi connectivity index (χ0) is 12.7. The molecule has 0 amide bonds. The van der Waals surface area contributed by atoms with Crippen LogP contribution in [0.5, 0.6) is 0 Å². The van der Waals surface area contributed by atoms with Crippen LogP contribution in [-0.2, 0) is 0 Å². The first-order valence-electron chi connectivity index (χ1n) is 5.05. The summed E-state index contributed by atoms with van der Waals surface area (Å²) in [4.78, 5) is 15.3. The highest BCUT2D eigenvalue weighted by Crippen LogP contribution is 2.23. The molecule has 0 aliphatic heterocycles. The SMILES string of the molecule is Nc1nnc(-c2c[nH]c3cc(Cl)ccc3c2=O)s1. The zero-order valence-corrected chi connectivity index (χ0v) is 10.5. The molecular weight excluding hydrogens is 272 g/mol. The molecule has 3 rings (SSSR count). The standard InChI is InChI=1S/C11H7ClN4OS/c12-5-1-2-6-8(3-5)14-4-7(9(6)17)10-15-16-11(13)18-10/h1-4H,(H2,13,16)(H,14,17). The summed E-state index contributed by atoms with van der Waals surface area (Å²) in [7, 11) is 0. The summed E-state index contributed by atoms with van der Waals surface area (Å²) in [6, 6.07) is 5.07. The number of anilines is 1. The van der Waals surface area contributed by atoms with Crippen LogP contribution in [0.15, 0.2) is 29.2 Å². The fraction of sp³-hybridized carbons (Fsp3) is 0. The summed E-state index contributed by atoms with van der Waals surface area (Å²) in [5, 5.41) is 9.54. The minimum atomic E-state index is -0.114. The highest BCUT2D eigenvalue weighted by atomic mass is 35.5. The van der Waals surface area contributed by atoms with Crippen molar-refractivity contribution in [1.82, 2.24) is 15.2 Å². The number of rotatable bonds is 1. The van der Waals surface area contributed by atoms with Crippen molar-refractivity contribution in [3.05, 3.63) is 39.6 Å². The van der Waals surface area contributed by atoms with Crippen molar-refractivity contribution in [3.8, 4) is 10.6 Å². The number of nitrogens with zero attached hydrogens (tertiary/aromatic N) is 2. The smallest absolute Gasteiger partial charge is 0.203 e. The minimum Gasteiger partial charge on any atom is -0.374 e. The molecule has 0 saturated carbocycles. The summed E-state index contributed by atoms with van der Waals surface area (Å²) in [5.41, 5.74) is 6.55. The van der Waals surface area contributed by atoms with E-state index in [4.69, 9.17) is 17.3 Å². The largest absolute Gasteiger partial charge is 0.374 e. The lowest BCUT2D eigenvalue weighted by Gasteiger charge is -2.00. The molecule has 0 aliphatic rings. The molecule has 0 fully saturated rings. The fourth-order valence-electron chi connectivity index (χ4n) is 1.70. The second-order valence-corrected chi connectivity index (χ2v) is 5.11. The number of nitrogens with one attached hydrogen (secondary N) is 1. The number of hydrogen-bond donors (Lipinski definition) is 2. The van der Waals surface area contributed by atoms with Crippen molar-refractivity contribution >= 4 is 39.0 Å². The second-order valence-electron chi connectivity index (χ2n) is 3.67. The predicted molar refractivity (Wildman–Crippen MR) is 72.9 cm³/mol. The van der Waals surface area contributed by atoms with E-state index in [1.165, 1.54) is 11.3 Å². The Kier molecular flexibility index (Phi) is 2.53. The molecule has 1 aromatic carbocycles. The lowest BCUT2D eigenvalue weighted by Crippen LogP contribution is -2.06. The average molecular weight is 279 g/mol. The number of halogens is 1. The third-order valence-electron chi connectivity index (χ3n) is 2.51. The first-order chi connectivity index (χ1) is 8.65. The lowest BCUT2D eigenvalue weighted by atomic mass is 10.1. The second kappa shape index (κ2) is 4.08. The maximum absolute atomic E-state index is 12.3. The molecule has 0 saturated heterocycles. The number of H-pyrrole nitrogens is 1. The number of aromatic amines is 1. The van der Waals surface area contributed by atoms with Crippen LogP contribution in [0.2, 0.25) is 5.02 Å². The molecule has 5 nitrogen and oxygen atoms in total. The van der Waals surface area contributed by atoms with E-state index in [1.807, 2.05) is 0 Å². The normalized spacial score (nSPS) is 10.9. The van der Waals surface area contributed by atoms with Gasteiger partial charge < -0.3 is 10.7 Å². The van der Waals surface area contributed by atoms with Crippen molar-refractivity contribution in [2.75, 3.05) is 5.73 Å². The Morgan fingerprint density at radius 2 is 2.17 bits per heavy atom. The Morgan fingerprint density at radius 1 is 1.33 bits per heavy atom. The van der Waals surface area contributed by atoms with Gasteiger partial charge in [0, 0.05) is 16.6 Å². The Hall–Kier alpha value is -1.92. The summed E-state index contributed by atoms with van der Waals surface area (Å²) in [5.74, 6) is 0. The molecule has 0 unspecified atom stereocenters. The van der Waals surface area contributed by atoms with Gasteiger partial charge in [-0.3, -0.25) is 4.79 Å². The van der Waals surface area contributed by atoms with Gasteiger partial charge in [-0.1, -0.05) is 22.9 Å². The van der Waals surface area contributed by atoms with E-state index >= 15 is 0 Å². The van der Waals surface area contributed by atoms with Gasteiger partial charge in [0.25, 0.3) is 0 Å². The average Bonchev–Trinajstić information content (AvgIpc) is 2.76. The molecule has 2 heterocycles. The molecule has 0 bridgehead atoms. The highest BCUT2D eigenvalue weighted by molar-refractivity contribution is 7.18. The molecule has 3 N–H and O–H groups in total. The summed E-state index contributed by atoms with van der Waals surface area (Å²) in [6.07, 6.45) is 1.60. The summed E-state index contributed by atoms with van der Waals surface area (Å²) in [6.45, 7) is 0. The lowest BCUT2D eigenvalue weighted by molar-refractivity contribution is 1.10. The number of nitrogen functional groups attached to an aromatic ring is 1. The van der Waals surface area contributed by atoms with Crippen LogP contribution in [0.4, 0.5) is 5.13 Å². The van der Waals surface area contributed by atoms with E-state index in [2.05, 4.69) is 15.2 Å². The quantitative estimate of drug-likeness (QED) is 0.715. The molecule has 0 radical (unpaired) electrons. The molecule has 0 aliphatic carbocycles. The number of nitrogens with two attached hydrogens (primary N) is 1. The highest BCUT2D eigenvalue weighted by Gasteiger charge is 2.11. The number of aromatic nitrogens is 3. The Labute approximate surface area is 110 Å². The minimum absolute atomic E-state index is 0.114. The van der Waals surface area contributed by atoms with Crippen LogP contribution >= 0.6 is 22.9 Å². The molecule has 0 atom stereocenters. The number of benzene rings is 1. The molecule has 0 spiro atoms. The number of hydrogen-bond acceptors (Lipinski definition) is 5. The predicted octanol–water partition coefficient (Wildman–Crippen LogP) is 2.28. The van der Waals surface area contributed by atoms with Gasteiger partial charge in [0.1, 0.15) is 0 Å². The van der Waals surface area contributed by atoms with Gasteiger partial charge in [0.15, 0.2) is 10.4 Å². The Bertz CT molecular complexity index is 795. The van der Waals surface area contributed by atoms with Crippen LogP contribution in [0.25, 0.3) is 21.5 Å². The van der Waals surface area contributed by atoms with Gasteiger partial charge in [-0.05, 0) is 18.2 Å². The maximum atomic E-state index is 12.3.